The number of nitrogens with two attached hydrogens (primary N) is 1. The van der Waals surface area contributed by atoms with Crippen molar-refractivity contribution in [1.29, 1.82) is 0 Å². The third kappa shape index (κ3) is 5.13. The Morgan fingerprint density at radius 2 is 1.63 bits per heavy atom. The second-order valence-corrected chi connectivity index (χ2v) is 6.67. The van der Waals surface area contributed by atoms with Crippen molar-refractivity contribution in [3.05, 3.63) is 59.7 Å². The molecule has 1 aliphatic rings. The van der Waals surface area contributed by atoms with E-state index in [9.17, 15) is 9.59 Å². The number of hydroxylamine groups is 1. The maximum absolute atomic E-state index is 12.2. The maximum Gasteiger partial charge on any atom is 0.267 e. The Kier molecular flexibility index (Phi) is 6.18. The van der Waals surface area contributed by atoms with Gasteiger partial charge >= 0.3 is 0 Å². The van der Waals surface area contributed by atoms with Crippen LogP contribution in [-0.4, -0.2) is 35.7 Å². The van der Waals surface area contributed by atoms with E-state index < -0.39 is 17.9 Å². The van der Waals surface area contributed by atoms with Crippen molar-refractivity contribution in [3.8, 4) is 11.1 Å². The number of hydrogen-bond donors (Lipinski definition) is 5. The van der Waals surface area contributed by atoms with Crippen molar-refractivity contribution >= 4 is 11.8 Å². The van der Waals surface area contributed by atoms with Crippen molar-refractivity contribution in [3.63, 3.8) is 0 Å². The van der Waals surface area contributed by atoms with Crippen LogP contribution in [-0.2, 0) is 11.3 Å². The molecule has 3 rings (SSSR count). The average Bonchev–Trinajstić information content (AvgIpc) is 3.55. The summed E-state index contributed by atoms with van der Waals surface area (Å²) in [5.74, 6) is -1.18. The van der Waals surface area contributed by atoms with Gasteiger partial charge in [-0.05, 0) is 41.7 Å². The molecule has 0 radical (unpaired) electrons. The molecule has 0 heterocycles. The Labute approximate surface area is 157 Å². The summed E-state index contributed by atoms with van der Waals surface area (Å²) in [5.41, 5.74) is 10.6. The average molecular weight is 368 g/mol. The van der Waals surface area contributed by atoms with Crippen LogP contribution in [0, 0.1) is 0 Å². The molecule has 7 heteroatoms. The zero-order valence-corrected chi connectivity index (χ0v) is 14.9. The summed E-state index contributed by atoms with van der Waals surface area (Å²) < 4.78 is 0. The first-order chi connectivity index (χ1) is 13.1. The van der Waals surface area contributed by atoms with Crippen LogP contribution in [0.2, 0.25) is 0 Å². The molecule has 142 valence electrons. The predicted octanol–water partition coefficient (Wildman–Crippen LogP) is 1.17. The van der Waals surface area contributed by atoms with E-state index in [4.69, 9.17) is 10.9 Å². The fourth-order valence-corrected chi connectivity index (χ4v) is 2.73. The van der Waals surface area contributed by atoms with Crippen molar-refractivity contribution < 1.29 is 14.8 Å². The molecule has 0 aromatic heterocycles. The van der Waals surface area contributed by atoms with Gasteiger partial charge in [-0.25, -0.2) is 5.48 Å². The highest BCUT2D eigenvalue weighted by atomic mass is 16.5. The van der Waals surface area contributed by atoms with Crippen LogP contribution in [0.25, 0.3) is 11.1 Å². The lowest BCUT2D eigenvalue weighted by Gasteiger charge is -2.14. The van der Waals surface area contributed by atoms with E-state index >= 15 is 0 Å². The van der Waals surface area contributed by atoms with Crippen molar-refractivity contribution in [1.82, 2.24) is 16.1 Å². The minimum Gasteiger partial charge on any atom is -0.339 e. The molecule has 2 aromatic carbocycles. The number of rotatable bonds is 8. The molecular weight excluding hydrogens is 344 g/mol. The molecule has 0 unspecified atom stereocenters. The minimum absolute atomic E-state index is 0.113. The summed E-state index contributed by atoms with van der Waals surface area (Å²) >= 11 is 0. The largest absolute Gasteiger partial charge is 0.339 e. The van der Waals surface area contributed by atoms with Gasteiger partial charge in [0.05, 0.1) is 0 Å². The van der Waals surface area contributed by atoms with Crippen LogP contribution in [0.3, 0.4) is 0 Å². The summed E-state index contributed by atoms with van der Waals surface area (Å²) in [4.78, 5) is 23.6. The summed E-state index contributed by atoms with van der Waals surface area (Å²) in [6, 6.07) is 15.1. The highest BCUT2D eigenvalue weighted by Crippen LogP contribution is 2.22. The van der Waals surface area contributed by atoms with E-state index in [-0.39, 0.29) is 6.54 Å². The SMILES string of the molecule is NC[C@H](NC(=O)c1ccc(-c2ccc(CNC3CC3)cc2)cc1)C(=O)NO. The van der Waals surface area contributed by atoms with Gasteiger partial charge in [-0.3, -0.25) is 14.8 Å². The van der Waals surface area contributed by atoms with Crippen molar-refractivity contribution in [2.45, 2.75) is 31.5 Å². The third-order valence-electron chi connectivity index (χ3n) is 4.57. The van der Waals surface area contributed by atoms with Gasteiger partial charge in [0.1, 0.15) is 6.04 Å². The number of carbonyl (C=O) groups excluding carboxylic acids is 2. The Hall–Kier alpha value is -2.74. The van der Waals surface area contributed by atoms with Gasteiger partial charge in [-0.2, -0.15) is 0 Å². The Balaban J connectivity index is 1.62. The first-order valence-electron chi connectivity index (χ1n) is 8.98. The number of benzene rings is 2. The molecule has 1 fully saturated rings. The van der Waals surface area contributed by atoms with Crippen LogP contribution < -0.4 is 21.8 Å². The van der Waals surface area contributed by atoms with Crippen LogP contribution in [0.4, 0.5) is 0 Å². The highest BCUT2D eigenvalue weighted by Gasteiger charge is 2.20. The van der Waals surface area contributed by atoms with E-state index in [1.807, 2.05) is 12.1 Å². The number of nitrogens with one attached hydrogen (secondary N) is 3. The summed E-state index contributed by atoms with van der Waals surface area (Å²) in [6.07, 6.45) is 2.55. The van der Waals surface area contributed by atoms with Gasteiger partial charge in [-0.1, -0.05) is 36.4 Å². The molecule has 2 amide bonds. The highest BCUT2D eigenvalue weighted by molar-refractivity contribution is 5.97. The number of carbonyl (C=O) groups is 2. The van der Waals surface area contributed by atoms with Gasteiger partial charge in [-0.15, -0.1) is 0 Å². The molecule has 0 spiro atoms. The molecule has 1 saturated carbocycles. The van der Waals surface area contributed by atoms with E-state index in [1.165, 1.54) is 23.9 Å². The summed E-state index contributed by atoms with van der Waals surface area (Å²) in [7, 11) is 0. The van der Waals surface area contributed by atoms with Crippen LogP contribution in [0.5, 0.6) is 0 Å². The molecule has 1 atom stereocenters. The van der Waals surface area contributed by atoms with Crippen LogP contribution in [0.15, 0.2) is 48.5 Å². The van der Waals surface area contributed by atoms with Crippen molar-refractivity contribution in [2.75, 3.05) is 6.54 Å². The first-order valence-corrected chi connectivity index (χ1v) is 8.98. The second-order valence-electron chi connectivity index (χ2n) is 6.67. The van der Waals surface area contributed by atoms with E-state index in [0.717, 1.165) is 17.7 Å². The van der Waals surface area contributed by atoms with Gasteiger partial charge in [0.2, 0.25) is 0 Å². The molecule has 0 bridgehead atoms. The van der Waals surface area contributed by atoms with Crippen molar-refractivity contribution in [2.24, 2.45) is 5.73 Å². The zero-order valence-electron chi connectivity index (χ0n) is 14.9. The molecule has 7 nitrogen and oxygen atoms in total. The van der Waals surface area contributed by atoms with Crippen LogP contribution in [0.1, 0.15) is 28.8 Å². The molecule has 2 aromatic rings. The number of amides is 2. The van der Waals surface area contributed by atoms with E-state index in [0.29, 0.717) is 11.6 Å². The molecule has 6 N–H and O–H groups in total. The molecule has 1 aliphatic carbocycles. The normalized spacial score (nSPS) is 14.4. The lowest BCUT2D eigenvalue weighted by molar-refractivity contribution is -0.130. The lowest BCUT2D eigenvalue weighted by atomic mass is 10.0. The summed E-state index contributed by atoms with van der Waals surface area (Å²) in [6.45, 7) is 0.770. The van der Waals surface area contributed by atoms with Crippen LogP contribution >= 0.6 is 0 Å². The smallest absolute Gasteiger partial charge is 0.267 e. The molecular formula is C20H24N4O3. The lowest BCUT2D eigenvalue weighted by Crippen LogP contribution is -2.50. The van der Waals surface area contributed by atoms with Gasteiger partial charge in [0.25, 0.3) is 11.8 Å². The maximum atomic E-state index is 12.2. The Morgan fingerprint density at radius 3 is 2.15 bits per heavy atom. The van der Waals surface area contributed by atoms with Gasteiger partial charge < -0.3 is 16.4 Å². The first kappa shape index (κ1) is 19.0. The fraction of sp³-hybridized carbons (Fsp3) is 0.300. The zero-order chi connectivity index (χ0) is 19.2. The van der Waals surface area contributed by atoms with Gasteiger partial charge in [0.15, 0.2) is 0 Å². The molecule has 0 aliphatic heterocycles. The Bertz CT molecular complexity index is 786. The van der Waals surface area contributed by atoms with E-state index in [1.54, 1.807) is 12.1 Å². The quantitative estimate of drug-likeness (QED) is 0.354. The minimum atomic E-state index is -0.987. The third-order valence-corrected chi connectivity index (χ3v) is 4.57. The Morgan fingerprint density at radius 1 is 1.04 bits per heavy atom. The number of hydrogen-bond acceptors (Lipinski definition) is 5. The topological polar surface area (TPSA) is 116 Å². The fourth-order valence-electron chi connectivity index (χ4n) is 2.73. The second kappa shape index (κ2) is 8.77. The molecule has 0 saturated heterocycles. The van der Waals surface area contributed by atoms with E-state index in [2.05, 4.69) is 34.9 Å². The summed E-state index contributed by atoms with van der Waals surface area (Å²) in [5, 5.41) is 14.6. The monoisotopic (exact) mass is 368 g/mol. The standard InChI is InChI=1S/C20H24N4O3/c21-11-18(20(26)24-27)23-19(25)16-7-5-15(6-8-16)14-3-1-13(2-4-14)12-22-17-9-10-17/h1-8,17-18,22,27H,9-12,21H2,(H,23,25)(H,24,26)/t18-/m0/s1. The molecule has 27 heavy (non-hydrogen) atoms. The predicted molar refractivity (Wildman–Crippen MR) is 102 cm³/mol. The van der Waals surface area contributed by atoms with Gasteiger partial charge in [0, 0.05) is 24.7 Å².